The van der Waals surface area contributed by atoms with Gasteiger partial charge in [-0.3, -0.25) is 9.36 Å². The first kappa shape index (κ1) is 15.7. The average Bonchev–Trinajstić information content (AvgIpc) is 2.94. The maximum absolute atomic E-state index is 12.9. The standard InChI is InChI=1S/C20H20N2O3/c1-14-10-11-15-6-2-3-7-16(15)22(14)19(23)12-13-21-17-8-4-5-9-18(17)25-20(21)24/h2-9,14H,10-13H2,1H3. The molecule has 0 spiro atoms. The minimum absolute atomic E-state index is 0.0387. The van der Waals surface area contributed by atoms with E-state index < -0.39 is 5.76 Å². The van der Waals surface area contributed by atoms with Gasteiger partial charge in [-0.25, -0.2) is 4.79 Å². The molecule has 4 rings (SSSR count). The van der Waals surface area contributed by atoms with Crippen LogP contribution >= 0.6 is 0 Å². The van der Waals surface area contributed by atoms with Crippen molar-refractivity contribution in [2.45, 2.75) is 38.8 Å². The van der Waals surface area contributed by atoms with E-state index in [0.29, 0.717) is 12.1 Å². The van der Waals surface area contributed by atoms with Crippen LogP contribution in [-0.2, 0) is 17.8 Å². The molecule has 1 aromatic heterocycles. The molecule has 2 aromatic carbocycles. The molecule has 128 valence electrons. The number of carbonyl (C=O) groups is 1. The van der Waals surface area contributed by atoms with E-state index in [1.165, 1.54) is 10.1 Å². The summed E-state index contributed by atoms with van der Waals surface area (Å²) in [6.45, 7) is 2.40. The Morgan fingerprint density at radius 3 is 2.80 bits per heavy atom. The summed E-state index contributed by atoms with van der Waals surface area (Å²) in [7, 11) is 0. The minimum Gasteiger partial charge on any atom is -0.408 e. The van der Waals surface area contributed by atoms with E-state index in [0.717, 1.165) is 24.0 Å². The molecule has 1 amide bonds. The number of aryl methyl sites for hydroxylation is 2. The number of para-hydroxylation sites is 3. The monoisotopic (exact) mass is 336 g/mol. The lowest BCUT2D eigenvalue weighted by molar-refractivity contribution is -0.119. The van der Waals surface area contributed by atoms with E-state index in [4.69, 9.17) is 4.42 Å². The number of anilines is 1. The second kappa shape index (κ2) is 6.24. The van der Waals surface area contributed by atoms with Crippen molar-refractivity contribution >= 4 is 22.7 Å². The lowest BCUT2D eigenvalue weighted by Gasteiger charge is -2.35. The molecular formula is C20H20N2O3. The fraction of sp³-hybridized carbons (Fsp3) is 0.300. The molecule has 1 atom stereocenters. The SMILES string of the molecule is CC1CCc2ccccc2N1C(=O)CCn1c(=O)oc2ccccc21. The van der Waals surface area contributed by atoms with Gasteiger partial charge < -0.3 is 9.32 Å². The van der Waals surface area contributed by atoms with Gasteiger partial charge in [0.1, 0.15) is 0 Å². The van der Waals surface area contributed by atoms with Gasteiger partial charge in [0.2, 0.25) is 5.91 Å². The van der Waals surface area contributed by atoms with Gasteiger partial charge in [0.15, 0.2) is 5.58 Å². The van der Waals surface area contributed by atoms with Crippen LogP contribution in [-0.4, -0.2) is 16.5 Å². The summed E-state index contributed by atoms with van der Waals surface area (Å²) >= 11 is 0. The van der Waals surface area contributed by atoms with Gasteiger partial charge in [-0.05, 0) is 43.5 Å². The molecule has 2 heterocycles. The molecule has 0 aliphatic carbocycles. The summed E-state index contributed by atoms with van der Waals surface area (Å²) in [4.78, 5) is 26.8. The Labute approximate surface area is 145 Å². The number of hydrogen-bond donors (Lipinski definition) is 0. The number of hydrogen-bond acceptors (Lipinski definition) is 3. The summed E-state index contributed by atoms with van der Waals surface area (Å²) in [5, 5.41) is 0. The first-order valence-electron chi connectivity index (χ1n) is 8.63. The fourth-order valence-electron chi connectivity index (χ4n) is 3.62. The quantitative estimate of drug-likeness (QED) is 0.737. The number of fused-ring (bicyclic) bond motifs is 2. The van der Waals surface area contributed by atoms with E-state index in [2.05, 4.69) is 13.0 Å². The molecule has 0 bridgehead atoms. The van der Waals surface area contributed by atoms with Gasteiger partial charge in [-0.2, -0.15) is 0 Å². The Morgan fingerprint density at radius 1 is 1.16 bits per heavy atom. The van der Waals surface area contributed by atoms with Crippen molar-refractivity contribution in [2.24, 2.45) is 0 Å². The highest BCUT2D eigenvalue weighted by atomic mass is 16.4. The largest absolute Gasteiger partial charge is 0.419 e. The Morgan fingerprint density at radius 2 is 1.92 bits per heavy atom. The Balaban J connectivity index is 1.58. The Kier molecular flexibility index (Phi) is 3.92. The molecule has 0 fully saturated rings. The first-order valence-corrected chi connectivity index (χ1v) is 8.63. The zero-order valence-corrected chi connectivity index (χ0v) is 14.1. The summed E-state index contributed by atoms with van der Waals surface area (Å²) in [6, 6.07) is 15.5. The maximum Gasteiger partial charge on any atom is 0.419 e. The van der Waals surface area contributed by atoms with Gasteiger partial charge in [-0.1, -0.05) is 30.3 Å². The Bertz CT molecular complexity index is 986. The molecule has 5 heteroatoms. The Hall–Kier alpha value is -2.82. The highest BCUT2D eigenvalue weighted by Crippen LogP contribution is 2.31. The molecule has 0 saturated carbocycles. The molecule has 1 unspecified atom stereocenters. The van der Waals surface area contributed by atoms with E-state index >= 15 is 0 Å². The molecule has 0 radical (unpaired) electrons. The number of rotatable bonds is 3. The third kappa shape index (κ3) is 2.76. The van der Waals surface area contributed by atoms with Gasteiger partial charge in [0.05, 0.1) is 5.52 Å². The van der Waals surface area contributed by atoms with Crippen LogP contribution < -0.4 is 10.7 Å². The summed E-state index contributed by atoms with van der Waals surface area (Å²) in [5.41, 5.74) is 3.49. The molecule has 0 saturated heterocycles. The smallest absolute Gasteiger partial charge is 0.408 e. The number of nitrogens with zero attached hydrogens (tertiary/aromatic N) is 2. The molecule has 25 heavy (non-hydrogen) atoms. The number of benzene rings is 2. The highest BCUT2D eigenvalue weighted by molar-refractivity contribution is 5.95. The van der Waals surface area contributed by atoms with Crippen molar-refractivity contribution in [1.29, 1.82) is 0 Å². The van der Waals surface area contributed by atoms with Crippen LogP contribution in [0.25, 0.3) is 11.1 Å². The molecule has 0 N–H and O–H groups in total. The van der Waals surface area contributed by atoms with E-state index in [1.54, 1.807) is 6.07 Å². The zero-order valence-electron chi connectivity index (χ0n) is 14.1. The first-order chi connectivity index (χ1) is 12.1. The average molecular weight is 336 g/mol. The summed E-state index contributed by atoms with van der Waals surface area (Å²) < 4.78 is 6.77. The highest BCUT2D eigenvalue weighted by Gasteiger charge is 2.27. The molecule has 5 nitrogen and oxygen atoms in total. The third-order valence-electron chi connectivity index (χ3n) is 4.92. The minimum atomic E-state index is -0.416. The summed E-state index contributed by atoms with van der Waals surface area (Å²) in [6.07, 6.45) is 2.21. The van der Waals surface area contributed by atoms with Crippen LogP contribution in [0, 0.1) is 0 Å². The lowest BCUT2D eigenvalue weighted by Crippen LogP contribution is -2.42. The van der Waals surface area contributed by atoms with Crippen molar-refractivity contribution in [1.82, 2.24) is 4.57 Å². The van der Waals surface area contributed by atoms with Crippen molar-refractivity contribution in [3.05, 3.63) is 64.6 Å². The molecular weight excluding hydrogens is 316 g/mol. The van der Waals surface area contributed by atoms with Crippen molar-refractivity contribution < 1.29 is 9.21 Å². The van der Waals surface area contributed by atoms with Crippen molar-refractivity contribution in [3.63, 3.8) is 0 Å². The van der Waals surface area contributed by atoms with E-state index in [1.807, 2.05) is 41.3 Å². The van der Waals surface area contributed by atoms with Gasteiger partial charge in [0.25, 0.3) is 0 Å². The van der Waals surface area contributed by atoms with Crippen molar-refractivity contribution in [2.75, 3.05) is 4.90 Å². The number of oxazole rings is 1. The predicted octanol–water partition coefficient (Wildman–Crippen LogP) is 3.35. The molecule has 1 aliphatic heterocycles. The predicted molar refractivity (Wildman–Crippen MR) is 96.8 cm³/mol. The van der Waals surface area contributed by atoms with Gasteiger partial charge in [-0.15, -0.1) is 0 Å². The van der Waals surface area contributed by atoms with Crippen LogP contribution in [0.15, 0.2) is 57.7 Å². The number of amides is 1. The number of aromatic nitrogens is 1. The van der Waals surface area contributed by atoms with E-state index in [-0.39, 0.29) is 18.4 Å². The lowest BCUT2D eigenvalue weighted by atomic mass is 9.96. The fourth-order valence-corrected chi connectivity index (χ4v) is 3.62. The molecule has 3 aromatic rings. The summed E-state index contributed by atoms with van der Waals surface area (Å²) in [5.74, 6) is -0.377. The van der Waals surface area contributed by atoms with Crippen LogP contribution in [0.5, 0.6) is 0 Å². The van der Waals surface area contributed by atoms with Crippen LogP contribution in [0.2, 0.25) is 0 Å². The number of carbonyl (C=O) groups excluding carboxylic acids is 1. The van der Waals surface area contributed by atoms with Crippen LogP contribution in [0.1, 0.15) is 25.3 Å². The van der Waals surface area contributed by atoms with Gasteiger partial charge >= 0.3 is 5.76 Å². The topological polar surface area (TPSA) is 55.5 Å². The van der Waals surface area contributed by atoms with Crippen LogP contribution in [0.3, 0.4) is 0 Å². The van der Waals surface area contributed by atoms with Crippen molar-refractivity contribution in [3.8, 4) is 0 Å². The molecule has 1 aliphatic rings. The second-order valence-corrected chi connectivity index (χ2v) is 6.52. The maximum atomic E-state index is 12.9. The van der Waals surface area contributed by atoms with Gasteiger partial charge in [0, 0.05) is 24.7 Å². The zero-order chi connectivity index (χ0) is 17.4. The third-order valence-corrected chi connectivity index (χ3v) is 4.92. The van der Waals surface area contributed by atoms with Crippen LogP contribution in [0.4, 0.5) is 5.69 Å². The normalized spacial score (nSPS) is 16.8. The second-order valence-electron chi connectivity index (χ2n) is 6.52. The van der Waals surface area contributed by atoms with E-state index in [9.17, 15) is 9.59 Å².